The Morgan fingerprint density at radius 3 is 1.44 bits per heavy atom. The molecule has 0 saturated heterocycles. The van der Waals surface area contributed by atoms with Crippen molar-refractivity contribution in [1.29, 1.82) is 0 Å². The minimum Gasteiger partial charge on any atom is -0.311 e. The van der Waals surface area contributed by atoms with E-state index < -0.39 is 0 Å². The maximum Gasteiger partial charge on any atom is 0.250 e. The molecule has 4 heteroatoms. The lowest BCUT2D eigenvalue weighted by molar-refractivity contribution is 0.899. The van der Waals surface area contributed by atoms with Gasteiger partial charge < -0.3 is 9.13 Å². The van der Waals surface area contributed by atoms with Crippen molar-refractivity contribution >= 4 is 21.8 Å². The van der Waals surface area contributed by atoms with Gasteiger partial charge in [-0.1, -0.05) is 0 Å². The molecule has 0 saturated carbocycles. The maximum atomic E-state index is 11.6. The van der Waals surface area contributed by atoms with Crippen LogP contribution in [0.4, 0.5) is 0 Å². The standard InChI is InChI=1S/C14H12N2O2/c1-15-11-5-6-12-10(4-8-14(18)16(12)2)9(11)3-7-13(15)17/h3-8H,1-2H3. The van der Waals surface area contributed by atoms with Crippen molar-refractivity contribution in [2.45, 2.75) is 0 Å². The van der Waals surface area contributed by atoms with Crippen molar-refractivity contribution in [2.24, 2.45) is 14.1 Å². The highest BCUT2D eigenvalue weighted by Crippen LogP contribution is 2.22. The molecule has 90 valence electrons. The number of aromatic nitrogens is 2. The quantitative estimate of drug-likeness (QED) is 0.557. The van der Waals surface area contributed by atoms with Crippen LogP contribution in [-0.4, -0.2) is 9.13 Å². The van der Waals surface area contributed by atoms with Crippen LogP contribution in [0.3, 0.4) is 0 Å². The molecule has 0 N–H and O–H groups in total. The van der Waals surface area contributed by atoms with Crippen LogP contribution in [-0.2, 0) is 14.1 Å². The van der Waals surface area contributed by atoms with Crippen molar-refractivity contribution in [3.8, 4) is 0 Å². The highest BCUT2D eigenvalue weighted by Gasteiger charge is 2.06. The van der Waals surface area contributed by atoms with E-state index >= 15 is 0 Å². The highest BCUT2D eigenvalue weighted by molar-refractivity contribution is 6.04. The van der Waals surface area contributed by atoms with Crippen molar-refractivity contribution in [3.05, 3.63) is 57.1 Å². The van der Waals surface area contributed by atoms with E-state index in [0.717, 1.165) is 21.8 Å². The molecular weight excluding hydrogens is 228 g/mol. The SMILES string of the molecule is Cn1c(=O)ccc2c3ccc(=O)n(C)c3ccc21. The van der Waals surface area contributed by atoms with Crippen LogP contribution in [0.25, 0.3) is 21.8 Å². The fourth-order valence-corrected chi connectivity index (χ4v) is 2.32. The molecule has 0 spiro atoms. The number of rotatable bonds is 0. The second-order valence-corrected chi connectivity index (χ2v) is 4.39. The van der Waals surface area contributed by atoms with Crippen LogP contribution in [0, 0.1) is 0 Å². The summed E-state index contributed by atoms with van der Waals surface area (Å²) in [5.41, 5.74) is 1.67. The van der Waals surface area contributed by atoms with Crippen molar-refractivity contribution in [1.82, 2.24) is 9.13 Å². The second kappa shape index (κ2) is 3.57. The summed E-state index contributed by atoms with van der Waals surface area (Å²) >= 11 is 0. The molecule has 0 radical (unpaired) electrons. The van der Waals surface area contributed by atoms with Gasteiger partial charge in [-0.25, -0.2) is 0 Å². The average molecular weight is 240 g/mol. The van der Waals surface area contributed by atoms with Gasteiger partial charge in [-0.3, -0.25) is 9.59 Å². The number of nitrogens with zero attached hydrogens (tertiary/aromatic N) is 2. The molecule has 2 heterocycles. The van der Waals surface area contributed by atoms with Gasteiger partial charge in [0.2, 0.25) is 0 Å². The Labute approximate surface area is 103 Å². The molecule has 3 aromatic rings. The monoisotopic (exact) mass is 240 g/mol. The zero-order valence-electron chi connectivity index (χ0n) is 10.2. The van der Waals surface area contributed by atoms with E-state index in [4.69, 9.17) is 0 Å². The van der Waals surface area contributed by atoms with E-state index in [9.17, 15) is 9.59 Å². The van der Waals surface area contributed by atoms with Crippen LogP contribution < -0.4 is 11.1 Å². The number of aryl methyl sites for hydroxylation is 2. The fourth-order valence-electron chi connectivity index (χ4n) is 2.32. The van der Waals surface area contributed by atoms with Crippen molar-refractivity contribution in [3.63, 3.8) is 0 Å². The largest absolute Gasteiger partial charge is 0.311 e. The van der Waals surface area contributed by atoms with Crippen LogP contribution in [0.2, 0.25) is 0 Å². The van der Waals surface area contributed by atoms with E-state index in [1.54, 1.807) is 35.4 Å². The Bertz CT molecular complexity index is 813. The summed E-state index contributed by atoms with van der Waals surface area (Å²) in [5, 5.41) is 1.95. The first-order valence-electron chi connectivity index (χ1n) is 5.68. The van der Waals surface area contributed by atoms with Gasteiger partial charge in [0.15, 0.2) is 0 Å². The van der Waals surface area contributed by atoms with Crippen molar-refractivity contribution in [2.75, 3.05) is 0 Å². The van der Waals surface area contributed by atoms with E-state index in [1.807, 2.05) is 24.3 Å². The topological polar surface area (TPSA) is 44.0 Å². The number of pyridine rings is 2. The summed E-state index contributed by atoms with van der Waals surface area (Å²) in [6.07, 6.45) is 0. The summed E-state index contributed by atoms with van der Waals surface area (Å²) in [4.78, 5) is 23.2. The highest BCUT2D eigenvalue weighted by atomic mass is 16.1. The minimum absolute atomic E-state index is 0.0355. The molecule has 0 fully saturated rings. The zero-order chi connectivity index (χ0) is 12.9. The fraction of sp³-hybridized carbons (Fsp3) is 0.143. The van der Waals surface area contributed by atoms with E-state index in [2.05, 4.69) is 0 Å². The third-order valence-corrected chi connectivity index (χ3v) is 3.41. The number of hydrogen-bond acceptors (Lipinski definition) is 2. The lowest BCUT2D eigenvalue weighted by atomic mass is 10.1. The van der Waals surface area contributed by atoms with Gasteiger partial charge >= 0.3 is 0 Å². The lowest BCUT2D eigenvalue weighted by Gasteiger charge is -2.09. The Hall–Kier alpha value is -2.36. The van der Waals surface area contributed by atoms with Crippen LogP contribution >= 0.6 is 0 Å². The molecular formula is C14H12N2O2. The number of hydrogen-bond donors (Lipinski definition) is 0. The zero-order valence-corrected chi connectivity index (χ0v) is 10.2. The van der Waals surface area contributed by atoms with Gasteiger partial charge in [0.25, 0.3) is 11.1 Å². The third-order valence-electron chi connectivity index (χ3n) is 3.41. The van der Waals surface area contributed by atoms with E-state index in [-0.39, 0.29) is 11.1 Å². The predicted molar refractivity (Wildman–Crippen MR) is 71.9 cm³/mol. The molecule has 18 heavy (non-hydrogen) atoms. The minimum atomic E-state index is -0.0355. The van der Waals surface area contributed by atoms with Gasteiger partial charge in [-0.05, 0) is 24.3 Å². The molecule has 1 aromatic carbocycles. The number of fused-ring (bicyclic) bond motifs is 3. The third kappa shape index (κ3) is 1.32. The van der Waals surface area contributed by atoms with Crippen LogP contribution in [0.1, 0.15) is 0 Å². The maximum absolute atomic E-state index is 11.6. The molecule has 0 aliphatic carbocycles. The Kier molecular flexibility index (Phi) is 2.13. The molecule has 0 bridgehead atoms. The van der Waals surface area contributed by atoms with Crippen molar-refractivity contribution < 1.29 is 0 Å². The molecule has 0 aliphatic heterocycles. The van der Waals surface area contributed by atoms with Crippen LogP contribution in [0.15, 0.2) is 46.0 Å². The summed E-state index contributed by atoms with van der Waals surface area (Å²) < 4.78 is 3.22. The smallest absolute Gasteiger partial charge is 0.250 e. The molecule has 0 atom stereocenters. The molecule has 0 aliphatic rings. The molecule has 3 rings (SSSR count). The molecule has 0 amide bonds. The predicted octanol–water partition coefficient (Wildman–Crippen LogP) is 1.39. The summed E-state index contributed by atoms with van der Waals surface area (Å²) in [6.45, 7) is 0. The summed E-state index contributed by atoms with van der Waals surface area (Å²) in [6, 6.07) is 10.5. The van der Waals surface area contributed by atoms with Gasteiger partial charge in [0, 0.05) is 37.0 Å². The lowest BCUT2D eigenvalue weighted by Crippen LogP contribution is -2.17. The summed E-state index contributed by atoms with van der Waals surface area (Å²) in [5.74, 6) is 0. The summed E-state index contributed by atoms with van der Waals surface area (Å²) in [7, 11) is 3.50. The molecule has 2 aromatic heterocycles. The van der Waals surface area contributed by atoms with E-state index in [0.29, 0.717) is 0 Å². The van der Waals surface area contributed by atoms with Gasteiger partial charge in [-0.15, -0.1) is 0 Å². The van der Waals surface area contributed by atoms with Crippen LogP contribution in [0.5, 0.6) is 0 Å². The second-order valence-electron chi connectivity index (χ2n) is 4.39. The first kappa shape index (κ1) is 10.8. The Balaban J connectivity index is 2.64. The first-order valence-corrected chi connectivity index (χ1v) is 5.68. The van der Waals surface area contributed by atoms with Gasteiger partial charge in [-0.2, -0.15) is 0 Å². The Morgan fingerprint density at radius 2 is 1.06 bits per heavy atom. The van der Waals surface area contributed by atoms with Gasteiger partial charge in [0.05, 0.1) is 11.0 Å². The normalized spacial score (nSPS) is 11.2. The molecule has 0 unspecified atom stereocenters. The number of benzene rings is 1. The average Bonchev–Trinajstić information content (AvgIpc) is 2.38. The van der Waals surface area contributed by atoms with Gasteiger partial charge in [0.1, 0.15) is 0 Å². The molecule has 4 nitrogen and oxygen atoms in total. The van der Waals surface area contributed by atoms with E-state index in [1.165, 1.54) is 0 Å². The first-order chi connectivity index (χ1) is 8.59. The Morgan fingerprint density at radius 1 is 0.667 bits per heavy atom.